The van der Waals surface area contributed by atoms with Crippen molar-refractivity contribution in [3.8, 4) is 5.75 Å². The molecule has 0 spiro atoms. The van der Waals surface area contributed by atoms with Crippen LogP contribution in [0.2, 0.25) is 0 Å². The maximum Gasteiger partial charge on any atom is 0.319 e. The minimum atomic E-state index is -0.657. The van der Waals surface area contributed by atoms with Gasteiger partial charge in [0.15, 0.2) is 0 Å². The van der Waals surface area contributed by atoms with Crippen LogP contribution < -0.4 is 15.4 Å². The summed E-state index contributed by atoms with van der Waals surface area (Å²) in [6, 6.07) is 5.33. The van der Waals surface area contributed by atoms with Crippen molar-refractivity contribution < 1.29 is 14.6 Å². The molecule has 0 unspecified atom stereocenters. The second kappa shape index (κ2) is 7.01. The number of rotatable bonds is 5. The lowest BCUT2D eigenvalue weighted by Crippen LogP contribution is -2.48. The predicted octanol–water partition coefficient (Wildman–Crippen LogP) is 3.21. The zero-order valence-corrected chi connectivity index (χ0v) is 13.6. The van der Waals surface area contributed by atoms with Crippen LogP contribution in [0.3, 0.4) is 0 Å². The van der Waals surface area contributed by atoms with Crippen molar-refractivity contribution in [1.29, 1.82) is 0 Å². The molecule has 0 bridgehead atoms. The first-order chi connectivity index (χ1) is 10.4. The number of hydrogen-bond acceptors (Lipinski definition) is 3. The van der Waals surface area contributed by atoms with Gasteiger partial charge in [-0.3, -0.25) is 0 Å². The van der Waals surface area contributed by atoms with E-state index in [1.165, 1.54) is 12.8 Å². The minimum absolute atomic E-state index is 0.121. The Hall–Kier alpha value is -1.75. The number of aliphatic hydroxyl groups excluding tert-OH is 1. The molecule has 5 nitrogen and oxygen atoms in total. The van der Waals surface area contributed by atoms with E-state index in [1.807, 2.05) is 25.1 Å². The summed E-state index contributed by atoms with van der Waals surface area (Å²) in [7, 11) is 0. The summed E-state index contributed by atoms with van der Waals surface area (Å²) >= 11 is 0. The Bertz CT molecular complexity index is 523. The smallest absolute Gasteiger partial charge is 0.319 e. The maximum absolute atomic E-state index is 12.0. The zero-order valence-electron chi connectivity index (χ0n) is 13.6. The molecule has 0 saturated heterocycles. The summed E-state index contributed by atoms with van der Waals surface area (Å²) in [6.07, 6.45) is 4.93. The Morgan fingerprint density at radius 3 is 2.68 bits per heavy atom. The molecule has 0 aliphatic heterocycles. The van der Waals surface area contributed by atoms with Gasteiger partial charge in [-0.15, -0.1) is 0 Å². The molecule has 5 heteroatoms. The summed E-state index contributed by atoms with van der Waals surface area (Å²) < 4.78 is 6.04. The molecule has 122 valence electrons. The summed E-state index contributed by atoms with van der Waals surface area (Å²) in [4.78, 5) is 12.0. The average molecular weight is 306 g/mol. The molecule has 1 aliphatic rings. The Balaban J connectivity index is 2.03. The molecule has 3 N–H and O–H groups in total. The van der Waals surface area contributed by atoms with Gasteiger partial charge in [-0.2, -0.15) is 0 Å². The first-order valence-corrected chi connectivity index (χ1v) is 7.87. The Kier molecular flexibility index (Phi) is 5.29. The molecule has 22 heavy (non-hydrogen) atoms. The van der Waals surface area contributed by atoms with Crippen molar-refractivity contribution >= 4 is 11.7 Å². The van der Waals surface area contributed by atoms with E-state index < -0.39 is 5.54 Å². The highest BCUT2D eigenvalue weighted by Gasteiger charge is 2.21. The number of carbonyl (C=O) groups excluding carboxylic acids is 1. The second-order valence-corrected chi connectivity index (χ2v) is 6.57. The average Bonchev–Trinajstić information content (AvgIpc) is 2.96. The number of carbonyl (C=O) groups is 1. The molecule has 0 heterocycles. The lowest BCUT2D eigenvalue weighted by Gasteiger charge is -2.24. The van der Waals surface area contributed by atoms with Crippen molar-refractivity contribution in [3.05, 3.63) is 23.8 Å². The lowest BCUT2D eigenvalue weighted by atomic mass is 10.1. The third kappa shape index (κ3) is 4.37. The summed E-state index contributed by atoms with van der Waals surface area (Å²) in [5, 5.41) is 14.8. The topological polar surface area (TPSA) is 70.6 Å². The van der Waals surface area contributed by atoms with Gasteiger partial charge in [-0.05, 0) is 58.6 Å². The third-order valence-electron chi connectivity index (χ3n) is 3.98. The molecule has 0 radical (unpaired) electrons. The van der Waals surface area contributed by atoms with Crippen molar-refractivity contribution in [2.24, 2.45) is 0 Å². The van der Waals surface area contributed by atoms with Crippen LogP contribution in [0.1, 0.15) is 45.1 Å². The zero-order chi connectivity index (χ0) is 16.2. The van der Waals surface area contributed by atoms with Crippen LogP contribution in [-0.2, 0) is 0 Å². The van der Waals surface area contributed by atoms with E-state index in [9.17, 15) is 9.90 Å². The van der Waals surface area contributed by atoms with E-state index in [0.29, 0.717) is 0 Å². The molecule has 0 aromatic heterocycles. The van der Waals surface area contributed by atoms with Crippen molar-refractivity contribution in [1.82, 2.24) is 5.32 Å². The number of nitrogens with one attached hydrogen (secondary N) is 2. The Morgan fingerprint density at radius 1 is 1.36 bits per heavy atom. The highest BCUT2D eigenvalue weighted by molar-refractivity contribution is 5.91. The largest absolute Gasteiger partial charge is 0.490 e. The predicted molar refractivity (Wildman–Crippen MR) is 87.4 cm³/mol. The molecule has 2 rings (SSSR count). The molecule has 1 saturated carbocycles. The summed E-state index contributed by atoms with van der Waals surface area (Å²) in [5.74, 6) is 0.825. The maximum atomic E-state index is 12.0. The molecular formula is C17H26N2O3. The van der Waals surface area contributed by atoms with Gasteiger partial charge < -0.3 is 20.5 Å². The molecular weight excluding hydrogens is 280 g/mol. The van der Waals surface area contributed by atoms with Crippen molar-refractivity contribution in [3.63, 3.8) is 0 Å². The van der Waals surface area contributed by atoms with Crippen LogP contribution >= 0.6 is 0 Å². The third-order valence-corrected chi connectivity index (χ3v) is 3.98. The first kappa shape index (κ1) is 16.6. The van der Waals surface area contributed by atoms with Crippen molar-refractivity contribution in [2.75, 3.05) is 11.9 Å². The van der Waals surface area contributed by atoms with Crippen LogP contribution in [-0.4, -0.2) is 29.4 Å². The van der Waals surface area contributed by atoms with E-state index in [0.717, 1.165) is 29.8 Å². The van der Waals surface area contributed by atoms with Crippen LogP contribution in [0.25, 0.3) is 0 Å². The second-order valence-electron chi connectivity index (χ2n) is 6.57. The van der Waals surface area contributed by atoms with Crippen LogP contribution in [0.4, 0.5) is 10.5 Å². The molecule has 2 amide bonds. The van der Waals surface area contributed by atoms with Crippen molar-refractivity contribution in [2.45, 2.75) is 58.1 Å². The standard InChI is InChI=1S/C17H26N2O3/c1-12-14(18-16(21)19-17(2,3)11-20)9-6-10-15(12)22-13-7-4-5-8-13/h6,9-10,13,20H,4-5,7-8,11H2,1-3H3,(H2,18,19,21). The number of benzene rings is 1. The van der Waals surface area contributed by atoms with Gasteiger partial charge in [0.25, 0.3) is 0 Å². The number of ether oxygens (including phenoxy) is 1. The molecule has 0 atom stereocenters. The van der Waals surface area contributed by atoms with Crippen LogP contribution in [0.5, 0.6) is 5.75 Å². The SMILES string of the molecule is Cc1c(NC(=O)NC(C)(C)CO)cccc1OC1CCCC1. The highest BCUT2D eigenvalue weighted by atomic mass is 16.5. The number of aliphatic hydroxyl groups is 1. The van der Waals surface area contributed by atoms with Crippen LogP contribution in [0.15, 0.2) is 18.2 Å². The monoisotopic (exact) mass is 306 g/mol. The lowest BCUT2D eigenvalue weighted by molar-refractivity contribution is 0.187. The van der Waals surface area contributed by atoms with E-state index in [1.54, 1.807) is 13.8 Å². The fourth-order valence-corrected chi connectivity index (χ4v) is 2.56. The summed E-state index contributed by atoms with van der Waals surface area (Å²) in [5.41, 5.74) is 0.990. The summed E-state index contributed by atoms with van der Waals surface area (Å²) in [6.45, 7) is 5.35. The quantitative estimate of drug-likeness (QED) is 0.782. The normalized spacial score (nSPS) is 15.6. The van der Waals surface area contributed by atoms with Gasteiger partial charge in [0.2, 0.25) is 0 Å². The van der Waals surface area contributed by atoms with E-state index >= 15 is 0 Å². The Morgan fingerprint density at radius 2 is 2.05 bits per heavy atom. The van der Waals surface area contributed by atoms with Gasteiger partial charge >= 0.3 is 6.03 Å². The van der Waals surface area contributed by atoms with Gasteiger partial charge in [0.1, 0.15) is 5.75 Å². The molecule has 1 aromatic carbocycles. The number of urea groups is 1. The van der Waals surface area contributed by atoms with Gasteiger partial charge in [0.05, 0.1) is 18.2 Å². The van der Waals surface area contributed by atoms with E-state index in [-0.39, 0.29) is 18.7 Å². The fourth-order valence-electron chi connectivity index (χ4n) is 2.56. The molecule has 1 aromatic rings. The molecule has 1 fully saturated rings. The van der Waals surface area contributed by atoms with E-state index in [2.05, 4.69) is 10.6 Å². The number of anilines is 1. The van der Waals surface area contributed by atoms with Gasteiger partial charge in [-0.1, -0.05) is 6.07 Å². The first-order valence-electron chi connectivity index (χ1n) is 7.87. The van der Waals surface area contributed by atoms with Crippen LogP contribution in [0, 0.1) is 6.92 Å². The van der Waals surface area contributed by atoms with E-state index in [4.69, 9.17) is 4.74 Å². The highest BCUT2D eigenvalue weighted by Crippen LogP contribution is 2.30. The number of amides is 2. The fraction of sp³-hybridized carbons (Fsp3) is 0.588. The molecule has 1 aliphatic carbocycles. The Labute approximate surface area is 132 Å². The van der Waals surface area contributed by atoms with Gasteiger partial charge in [-0.25, -0.2) is 4.79 Å². The number of hydrogen-bond donors (Lipinski definition) is 3. The van der Waals surface area contributed by atoms with Gasteiger partial charge in [0, 0.05) is 11.3 Å². The minimum Gasteiger partial charge on any atom is -0.490 e.